The molecule has 0 aromatic carbocycles. The molecule has 1 N–H and O–H groups in total. The average Bonchev–Trinajstić information content (AvgIpc) is 2.26. The molecule has 0 heterocycles. The van der Waals surface area contributed by atoms with Gasteiger partial charge in [-0.05, 0) is 44.1 Å². The lowest BCUT2D eigenvalue weighted by molar-refractivity contribution is 0.00243. The van der Waals surface area contributed by atoms with Crippen molar-refractivity contribution in [2.45, 2.75) is 65.5 Å². The monoisotopic (exact) mass is 227 g/mol. The maximum absolute atomic E-state index is 6.04. The van der Waals surface area contributed by atoms with Crippen LogP contribution >= 0.6 is 0 Å². The fraction of sp³-hybridized carbons (Fsp3) is 1.00. The number of likely N-dealkylation sites (N-methyl/N-ethyl adjacent to an activating group) is 1. The van der Waals surface area contributed by atoms with E-state index in [1.54, 1.807) is 0 Å². The van der Waals surface area contributed by atoms with Crippen molar-refractivity contribution in [3.8, 4) is 0 Å². The summed E-state index contributed by atoms with van der Waals surface area (Å²) in [6, 6.07) is 0.518. The van der Waals surface area contributed by atoms with Crippen molar-refractivity contribution >= 4 is 0 Å². The molecule has 1 atom stereocenters. The van der Waals surface area contributed by atoms with Gasteiger partial charge in [0, 0.05) is 6.04 Å². The maximum Gasteiger partial charge on any atom is 0.0625 e. The first-order chi connectivity index (χ1) is 7.63. The zero-order valence-electron chi connectivity index (χ0n) is 11.5. The first-order valence-corrected chi connectivity index (χ1v) is 6.98. The van der Waals surface area contributed by atoms with Gasteiger partial charge in [-0.2, -0.15) is 0 Å². The van der Waals surface area contributed by atoms with Gasteiger partial charge in [-0.15, -0.1) is 0 Å². The topological polar surface area (TPSA) is 21.3 Å². The van der Waals surface area contributed by atoms with Crippen LogP contribution in [0.25, 0.3) is 0 Å². The Kier molecular flexibility index (Phi) is 6.37. The largest absolute Gasteiger partial charge is 0.377 e. The smallest absolute Gasteiger partial charge is 0.0625 e. The first kappa shape index (κ1) is 14.0. The van der Waals surface area contributed by atoms with E-state index in [1.165, 1.54) is 25.7 Å². The minimum atomic E-state index is 0.518. The SMILES string of the molecule is CCNC(COC1CCC(C)CC1)C(C)C. The Morgan fingerprint density at radius 3 is 2.31 bits per heavy atom. The van der Waals surface area contributed by atoms with Crippen molar-refractivity contribution in [1.29, 1.82) is 0 Å². The molecule has 0 bridgehead atoms. The third-order valence-electron chi connectivity index (χ3n) is 3.75. The Balaban J connectivity index is 2.21. The van der Waals surface area contributed by atoms with Crippen LogP contribution in [0.3, 0.4) is 0 Å². The van der Waals surface area contributed by atoms with E-state index in [2.05, 4.69) is 33.0 Å². The lowest BCUT2D eigenvalue weighted by Gasteiger charge is -2.29. The van der Waals surface area contributed by atoms with Gasteiger partial charge in [-0.1, -0.05) is 27.7 Å². The molecule has 16 heavy (non-hydrogen) atoms. The summed E-state index contributed by atoms with van der Waals surface area (Å²) >= 11 is 0. The highest BCUT2D eigenvalue weighted by molar-refractivity contribution is 4.73. The van der Waals surface area contributed by atoms with Gasteiger partial charge in [-0.3, -0.25) is 0 Å². The van der Waals surface area contributed by atoms with Gasteiger partial charge in [0.15, 0.2) is 0 Å². The predicted octanol–water partition coefficient (Wildman–Crippen LogP) is 3.22. The third kappa shape index (κ3) is 4.84. The summed E-state index contributed by atoms with van der Waals surface area (Å²) in [5.41, 5.74) is 0. The molecule has 2 heteroatoms. The normalized spacial score (nSPS) is 28.3. The number of rotatable bonds is 6. The molecule has 1 rings (SSSR count). The number of hydrogen-bond donors (Lipinski definition) is 1. The standard InChI is InChI=1S/C14H29NO/c1-5-15-14(11(2)3)10-16-13-8-6-12(4)7-9-13/h11-15H,5-10H2,1-4H3. The van der Waals surface area contributed by atoms with Crippen LogP contribution in [0.2, 0.25) is 0 Å². The molecule has 0 radical (unpaired) electrons. The zero-order valence-corrected chi connectivity index (χ0v) is 11.5. The first-order valence-electron chi connectivity index (χ1n) is 6.98. The van der Waals surface area contributed by atoms with Crippen molar-refractivity contribution in [1.82, 2.24) is 5.32 Å². The van der Waals surface area contributed by atoms with Crippen LogP contribution < -0.4 is 5.32 Å². The van der Waals surface area contributed by atoms with E-state index in [0.717, 1.165) is 19.1 Å². The maximum atomic E-state index is 6.04. The molecule has 1 saturated carbocycles. The van der Waals surface area contributed by atoms with Crippen LogP contribution in [0.15, 0.2) is 0 Å². The van der Waals surface area contributed by atoms with Crippen molar-refractivity contribution < 1.29 is 4.74 Å². The molecule has 1 fully saturated rings. The average molecular weight is 227 g/mol. The van der Waals surface area contributed by atoms with Crippen molar-refractivity contribution in [2.24, 2.45) is 11.8 Å². The lowest BCUT2D eigenvalue weighted by Crippen LogP contribution is -2.39. The summed E-state index contributed by atoms with van der Waals surface area (Å²) < 4.78 is 6.04. The van der Waals surface area contributed by atoms with Crippen LogP contribution in [0.1, 0.15) is 53.4 Å². The number of nitrogens with one attached hydrogen (secondary N) is 1. The predicted molar refractivity (Wildman–Crippen MR) is 69.7 cm³/mol. The fourth-order valence-corrected chi connectivity index (χ4v) is 2.39. The highest BCUT2D eigenvalue weighted by Gasteiger charge is 2.20. The van der Waals surface area contributed by atoms with Crippen LogP contribution in [-0.2, 0) is 4.74 Å². The van der Waals surface area contributed by atoms with Gasteiger partial charge in [0.1, 0.15) is 0 Å². The van der Waals surface area contributed by atoms with Crippen LogP contribution in [0, 0.1) is 11.8 Å². The molecule has 0 aromatic heterocycles. The number of ether oxygens (including phenoxy) is 1. The third-order valence-corrected chi connectivity index (χ3v) is 3.75. The molecule has 2 nitrogen and oxygen atoms in total. The van der Waals surface area contributed by atoms with E-state index < -0.39 is 0 Å². The lowest BCUT2D eigenvalue weighted by atomic mass is 9.89. The van der Waals surface area contributed by atoms with Crippen LogP contribution in [0.5, 0.6) is 0 Å². The van der Waals surface area contributed by atoms with E-state index in [-0.39, 0.29) is 0 Å². The highest BCUT2D eigenvalue weighted by atomic mass is 16.5. The molecule has 1 aliphatic carbocycles. The Labute approximate surface area is 101 Å². The highest BCUT2D eigenvalue weighted by Crippen LogP contribution is 2.25. The minimum absolute atomic E-state index is 0.518. The summed E-state index contributed by atoms with van der Waals surface area (Å²) in [6.07, 6.45) is 5.74. The Hall–Kier alpha value is -0.0800. The zero-order chi connectivity index (χ0) is 12.0. The second kappa shape index (κ2) is 7.29. The molecule has 0 amide bonds. The molecule has 0 aliphatic heterocycles. The summed E-state index contributed by atoms with van der Waals surface area (Å²) in [5.74, 6) is 1.57. The quantitative estimate of drug-likeness (QED) is 0.752. The van der Waals surface area contributed by atoms with Gasteiger partial charge < -0.3 is 10.1 Å². The second-order valence-corrected chi connectivity index (χ2v) is 5.62. The van der Waals surface area contributed by atoms with Crippen LogP contribution in [0.4, 0.5) is 0 Å². The van der Waals surface area contributed by atoms with Crippen LogP contribution in [-0.4, -0.2) is 25.3 Å². The van der Waals surface area contributed by atoms with Gasteiger partial charge >= 0.3 is 0 Å². The molecule has 1 unspecified atom stereocenters. The molecule has 0 spiro atoms. The summed E-state index contributed by atoms with van der Waals surface area (Å²) in [7, 11) is 0. The van der Waals surface area contributed by atoms with Gasteiger partial charge in [0.05, 0.1) is 12.7 Å². The van der Waals surface area contributed by atoms with E-state index in [0.29, 0.717) is 18.1 Å². The summed E-state index contributed by atoms with van der Waals surface area (Å²) in [5, 5.41) is 3.51. The molecule has 0 aromatic rings. The Bertz CT molecular complexity index is 174. The fourth-order valence-electron chi connectivity index (χ4n) is 2.39. The molecular formula is C14H29NO. The second-order valence-electron chi connectivity index (χ2n) is 5.62. The van der Waals surface area contributed by atoms with E-state index in [9.17, 15) is 0 Å². The molecular weight excluding hydrogens is 198 g/mol. The summed E-state index contributed by atoms with van der Waals surface area (Å²) in [6.45, 7) is 11.0. The summed E-state index contributed by atoms with van der Waals surface area (Å²) in [4.78, 5) is 0. The van der Waals surface area contributed by atoms with Crippen molar-refractivity contribution in [3.63, 3.8) is 0 Å². The van der Waals surface area contributed by atoms with Gasteiger partial charge in [0.2, 0.25) is 0 Å². The minimum Gasteiger partial charge on any atom is -0.377 e. The van der Waals surface area contributed by atoms with E-state index in [1.807, 2.05) is 0 Å². The van der Waals surface area contributed by atoms with Gasteiger partial charge in [0.25, 0.3) is 0 Å². The Morgan fingerprint density at radius 1 is 1.19 bits per heavy atom. The van der Waals surface area contributed by atoms with Crippen molar-refractivity contribution in [2.75, 3.05) is 13.2 Å². The number of hydrogen-bond acceptors (Lipinski definition) is 2. The van der Waals surface area contributed by atoms with Crippen molar-refractivity contribution in [3.05, 3.63) is 0 Å². The molecule has 1 aliphatic rings. The Morgan fingerprint density at radius 2 is 1.81 bits per heavy atom. The van der Waals surface area contributed by atoms with E-state index >= 15 is 0 Å². The van der Waals surface area contributed by atoms with E-state index in [4.69, 9.17) is 4.74 Å². The van der Waals surface area contributed by atoms with Gasteiger partial charge in [-0.25, -0.2) is 0 Å². The molecule has 96 valence electrons. The molecule has 0 saturated heterocycles.